The van der Waals surface area contributed by atoms with E-state index in [-0.39, 0.29) is 18.0 Å². The molecule has 2 N–H and O–H groups in total. The molecule has 28 heavy (non-hydrogen) atoms. The van der Waals surface area contributed by atoms with Gasteiger partial charge < -0.3 is 20.3 Å². The van der Waals surface area contributed by atoms with Crippen molar-refractivity contribution in [3.8, 4) is 5.75 Å². The monoisotopic (exact) mass is 385 g/mol. The number of hydrogen-bond donors (Lipinski definition) is 2. The van der Waals surface area contributed by atoms with Crippen LogP contribution in [0.15, 0.2) is 47.6 Å². The lowest BCUT2D eigenvalue weighted by Gasteiger charge is -2.20. The van der Waals surface area contributed by atoms with Crippen molar-refractivity contribution in [2.75, 3.05) is 25.0 Å². The Morgan fingerprint density at radius 3 is 2.96 bits per heavy atom. The molecule has 2 heterocycles. The maximum atomic E-state index is 13.9. The van der Waals surface area contributed by atoms with Gasteiger partial charge >= 0.3 is 0 Å². The summed E-state index contributed by atoms with van der Waals surface area (Å²) < 4.78 is 19.7. The van der Waals surface area contributed by atoms with Gasteiger partial charge in [0.1, 0.15) is 5.75 Å². The minimum Gasteiger partial charge on any atom is -0.491 e. The molecule has 7 heteroatoms. The molecule has 1 aliphatic rings. The number of aromatic nitrogens is 1. The molecule has 0 spiro atoms. The summed E-state index contributed by atoms with van der Waals surface area (Å²) in [7, 11) is 1.75. The number of ether oxygens (including phenoxy) is 1. The maximum absolute atomic E-state index is 13.9. The van der Waals surface area contributed by atoms with E-state index in [9.17, 15) is 4.39 Å². The van der Waals surface area contributed by atoms with Crippen LogP contribution >= 0.6 is 0 Å². The highest BCUT2D eigenvalue weighted by atomic mass is 19.1. The first kappa shape index (κ1) is 19.9. The van der Waals surface area contributed by atoms with E-state index in [0.29, 0.717) is 18.9 Å². The van der Waals surface area contributed by atoms with Crippen LogP contribution in [0.5, 0.6) is 5.75 Å². The Hall–Kier alpha value is -2.83. The van der Waals surface area contributed by atoms with Crippen LogP contribution in [0.25, 0.3) is 0 Å². The van der Waals surface area contributed by atoms with Crippen LogP contribution in [0.3, 0.4) is 0 Å². The molecule has 0 aliphatic carbocycles. The quantitative estimate of drug-likeness (QED) is 0.591. The number of guanidine groups is 1. The van der Waals surface area contributed by atoms with Gasteiger partial charge in [-0.2, -0.15) is 0 Å². The molecule has 1 saturated heterocycles. The Kier molecular flexibility index (Phi) is 6.68. The molecule has 0 bridgehead atoms. The van der Waals surface area contributed by atoms with E-state index in [1.807, 2.05) is 36.9 Å². The Labute approximate surface area is 165 Å². The second kappa shape index (κ2) is 9.39. The fourth-order valence-electron chi connectivity index (χ4n) is 3.26. The van der Waals surface area contributed by atoms with Gasteiger partial charge in [-0.25, -0.2) is 9.37 Å². The minimum absolute atomic E-state index is 0.145. The van der Waals surface area contributed by atoms with E-state index < -0.39 is 0 Å². The van der Waals surface area contributed by atoms with Crippen molar-refractivity contribution >= 4 is 11.8 Å². The topological polar surface area (TPSA) is 61.8 Å². The summed E-state index contributed by atoms with van der Waals surface area (Å²) in [6, 6.07) is 11.3. The normalized spacial score (nSPS) is 17.1. The second-order valence-corrected chi connectivity index (χ2v) is 7.12. The minimum atomic E-state index is -0.283. The fraction of sp³-hybridized carbons (Fsp3) is 0.429. The second-order valence-electron chi connectivity index (χ2n) is 7.12. The van der Waals surface area contributed by atoms with E-state index in [0.717, 1.165) is 30.2 Å². The summed E-state index contributed by atoms with van der Waals surface area (Å²) in [6.45, 7) is 6.11. The Balaban J connectivity index is 1.52. The van der Waals surface area contributed by atoms with Gasteiger partial charge in [0.2, 0.25) is 0 Å². The predicted molar refractivity (Wildman–Crippen MR) is 110 cm³/mol. The smallest absolute Gasteiger partial charge is 0.191 e. The molecule has 3 rings (SSSR count). The average molecular weight is 385 g/mol. The largest absolute Gasteiger partial charge is 0.491 e. The first-order chi connectivity index (χ1) is 13.5. The molecule has 1 unspecified atom stereocenters. The van der Waals surface area contributed by atoms with Crippen molar-refractivity contribution in [3.05, 3.63) is 54.0 Å². The van der Waals surface area contributed by atoms with Gasteiger partial charge in [0.05, 0.1) is 6.10 Å². The zero-order valence-electron chi connectivity index (χ0n) is 16.7. The molecule has 1 fully saturated rings. The van der Waals surface area contributed by atoms with Crippen LogP contribution in [0.4, 0.5) is 10.2 Å². The lowest BCUT2D eigenvalue weighted by Crippen LogP contribution is -2.44. The van der Waals surface area contributed by atoms with Gasteiger partial charge in [0, 0.05) is 38.9 Å². The number of benzene rings is 1. The molecule has 0 saturated carbocycles. The SMILES string of the molecule is CN=C(NCc1cccc(OC(C)C)c1)NC1CCN(c2ncccc2F)C1. The average Bonchev–Trinajstić information content (AvgIpc) is 3.13. The van der Waals surface area contributed by atoms with Crippen LogP contribution < -0.4 is 20.3 Å². The van der Waals surface area contributed by atoms with Crippen LogP contribution in [0.2, 0.25) is 0 Å². The number of aliphatic imine (C=N–C) groups is 1. The molecule has 0 radical (unpaired) electrons. The molecular weight excluding hydrogens is 357 g/mol. The van der Waals surface area contributed by atoms with Crippen molar-refractivity contribution in [2.24, 2.45) is 4.99 Å². The van der Waals surface area contributed by atoms with Crippen molar-refractivity contribution < 1.29 is 9.13 Å². The first-order valence-electron chi connectivity index (χ1n) is 9.63. The third-order valence-electron chi connectivity index (χ3n) is 4.52. The van der Waals surface area contributed by atoms with Crippen LogP contribution in [0, 0.1) is 5.82 Å². The number of hydrogen-bond acceptors (Lipinski definition) is 4. The fourth-order valence-corrected chi connectivity index (χ4v) is 3.26. The molecule has 0 amide bonds. The Morgan fingerprint density at radius 2 is 2.21 bits per heavy atom. The highest BCUT2D eigenvalue weighted by Crippen LogP contribution is 2.20. The molecule has 150 valence electrons. The van der Waals surface area contributed by atoms with Gasteiger partial charge in [0.15, 0.2) is 17.6 Å². The van der Waals surface area contributed by atoms with E-state index in [2.05, 4.69) is 26.7 Å². The molecule has 1 aromatic heterocycles. The van der Waals surface area contributed by atoms with Gasteiger partial charge in [-0.15, -0.1) is 0 Å². The van der Waals surface area contributed by atoms with Crippen molar-refractivity contribution in [2.45, 2.75) is 39.0 Å². The standard InChI is InChI=1S/C21H28FN5O/c1-15(2)28-18-7-4-6-16(12-18)13-25-21(23-3)26-17-9-11-27(14-17)20-19(22)8-5-10-24-20/h4-8,10,12,15,17H,9,11,13-14H2,1-3H3,(H2,23,25,26). The molecule has 6 nitrogen and oxygen atoms in total. The molecular formula is C21H28FN5O. The maximum Gasteiger partial charge on any atom is 0.191 e. The van der Waals surface area contributed by atoms with Gasteiger partial charge in [0.25, 0.3) is 0 Å². The summed E-state index contributed by atoms with van der Waals surface area (Å²) >= 11 is 0. The third-order valence-corrected chi connectivity index (χ3v) is 4.52. The number of pyridine rings is 1. The van der Waals surface area contributed by atoms with Crippen molar-refractivity contribution in [1.29, 1.82) is 0 Å². The summed E-state index contributed by atoms with van der Waals surface area (Å²) in [5.74, 6) is 1.72. The van der Waals surface area contributed by atoms with Gasteiger partial charge in [-0.3, -0.25) is 4.99 Å². The summed E-state index contributed by atoms with van der Waals surface area (Å²) in [6.07, 6.45) is 2.66. The number of nitrogens with zero attached hydrogens (tertiary/aromatic N) is 3. The molecule has 2 aromatic rings. The van der Waals surface area contributed by atoms with Crippen molar-refractivity contribution in [3.63, 3.8) is 0 Å². The summed E-state index contributed by atoms with van der Waals surface area (Å²) in [4.78, 5) is 10.4. The number of rotatable bonds is 6. The molecule has 1 aliphatic heterocycles. The van der Waals surface area contributed by atoms with Crippen LogP contribution in [-0.4, -0.2) is 43.2 Å². The highest BCUT2D eigenvalue weighted by Gasteiger charge is 2.25. The number of anilines is 1. The Morgan fingerprint density at radius 1 is 1.36 bits per heavy atom. The first-order valence-corrected chi connectivity index (χ1v) is 9.63. The lowest BCUT2D eigenvalue weighted by molar-refractivity contribution is 0.242. The van der Waals surface area contributed by atoms with E-state index in [1.165, 1.54) is 6.07 Å². The molecule has 1 aromatic carbocycles. The molecule has 1 atom stereocenters. The van der Waals surface area contributed by atoms with Crippen molar-refractivity contribution in [1.82, 2.24) is 15.6 Å². The zero-order chi connectivity index (χ0) is 19.9. The van der Waals surface area contributed by atoms with E-state index >= 15 is 0 Å². The number of nitrogens with one attached hydrogen (secondary N) is 2. The lowest BCUT2D eigenvalue weighted by atomic mass is 10.2. The summed E-state index contributed by atoms with van der Waals surface area (Å²) in [5, 5.41) is 6.75. The van der Waals surface area contributed by atoms with Crippen LogP contribution in [0.1, 0.15) is 25.8 Å². The van der Waals surface area contributed by atoms with Gasteiger partial charge in [-0.1, -0.05) is 12.1 Å². The highest BCUT2D eigenvalue weighted by molar-refractivity contribution is 5.80. The predicted octanol–water partition coefficient (Wildman–Crippen LogP) is 2.95. The van der Waals surface area contributed by atoms with E-state index in [1.54, 1.807) is 19.3 Å². The zero-order valence-corrected chi connectivity index (χ0v) is 16.7. The van der Waals surface area contributed by atoms with Gasteiger partial charge in [-0.05, 0) is 50.1 Å². The van der Waals surface area contributed by atoms with Crippen LogP contribution in [-0.2, 0) is 6.54 Å². The Bertz CT molecular complexity index is 811. The number of halogens is 1. The van der Waals surface area contributed by atoms with E-state index in [4.69, 9.17) is 4.74 Å². The third kappa shape index (κ3) is 5.34. The summed E-state index contributed by atoms with van der Waals surface area (Å²) in [5.41, 5.74) is 1.12.